The molecule has 0 aliphatic carbocycles. The number of hydrogen-bond acceptors (Lipinski definition) is 5. The van der Waals surface area contributed by atoms with Gasteiger partial charge >= 0.3 is 0 Å². The van der Waals surface area contributed by atoms with E-state index in [9.17, 15) is 15.2 Å². The summed E-state index contributed by atoms with van der Waals surface area (Å²) in [5.74, 6) is 0. The average Bonchev–Trinajstić information content (AvgIpc) is 2.38. The smallest absolute Gasteiger partial charge is 0.292 e. The van der Waals surface area contributed by atoms with Gasteiger partial charge in [-0.05, 0) is 25.0 Å². The van der Waals surface area contributed by atoms with E-state index in [1.54, 1.807) is 18.2 Å². The van der Waals surface area contributed by atoms with E-state index in [1.807, 2.05) is 13.8 Å². The first-order valence-corrected chi connectivity index (χ1v) is 6.00. The molecule has 0 spiro atoms. The van der Waals surface area contributed by atoms with E-state index in [0.717, 1.165) is 11.1 Å². The van der Waals surface area contributed by atoms with E-state index in [-0.39, 0.29) is 12.2 Å². The molecule has 1 atom stereocenters. The molecule has 0 aromatic heterocycles. The Morgan fingerprint density at radius 1 is 1.53 bits per heavy atom. The third-order valence-electron chi connectivity index (χ3n) is 2.91. The summed E-state index contributed by atoms with van der Waals surface area (Å²) in [6.07, 6.45) is 2.57. The molecule has 0 aliphatic heterocycles. The largest absolute Gasteiger partial charge is 0.388 e. The van der Waals surface area contributed by atoms with Crippen molar-refractivity contribution in [2.45, 2.75) is 20.0 Å². The van der Waals surface area contributed by atoms with Gasteiger partial charge in [-0.3, -0.25) is 10.1 Å². The summed E-state index contributed by atoms with van der Waals surface area (Å²) in [5, 5.41) is 23.2. The second-order valence-electron chi connectivity index (χ2n) is 4.27. The second-order valence-corrected chi connectivity index (χ2v) is 4.27. The summed E-state index contributed by atoms with van der Waals surface area (Å²) in [7, 11) is 0. The molecule has 0 bridgehead atoms. The second kappa shape index (κ2) is 6.86. The highest BCUT2D eigenvalue weighted by Crippen LogP contribution is 2.29. The quantitative estimate of drug-likeness (QED) is 0.411. The Kier molecular flexibility index (Phi) is 5.47. The molecule has 0 heterocycles. The first kappa shape index (κ1) is 15.1. The number of nitrogens with zero attached hydrogens (tertiary/aromatic N) is 1. The van der Waals surface area contributed by atoms with Crippen LogP contribution in [0.15, 0.2) is 24.3 Å². The number of benzene rings is 1. The van der Waals surface area contributed by atoms with Gasteiger partial charge in [0.15, 0.2) is 0 Å². The molecule has 0 fully saturated rings. The number of nitrogens with one attached hydrogen (secondary N) is 1. The number of anilines is 1. The van der Waals surface area contributed by atoms with Crippen molar-refractivity contribution in [1.29, 1.82) is 0 Å². The van der Waals surface area contributed by atoms with Gasteiger partial charge in [0.05, 0.1) is 11.0 Å². The minimum absolute atomic E-state index is 0.0517. The highest BCUT2D eigenvalue weighted by Gasteiger charge is 2.16. The first-order valence-electron chi connectivity index (χ1n) is 6.00. The summed E-state index contributed by atoms with van der Waals surface area (Å²) < 4.78 is 0. The van der Waals surface area contributed by atoms with Crippen molar-refractivity contribution in [1.82, 2.24) is 0 Å². The van der Waals surface area contributed by atoms with Crippen LogP contribution in [0.3, 0.4) is 0 Å². The van der Waals surface area contributed by atoms with E-state index in [2.05, 4.69) is 5.32 Å². The number of aliphatic hydroxyl groups excluding tert-OH is 1. The van der Waals surface area contributed by atoms with Crippen LogP contribution >= 0.6 is 0 Å². The molecular weight excluding hydrogens is 246 g/mol. The molecule has 19 heavy (non-hydrogen) atoms. The monoisotopic (exact) mass is 265 g/mol. The van der Waals surface area contributed by atoms with Crippen LogP contribution in [-0.2, 0) is 0 Å². The van der Waals surface area contributed by atoms with E-state index < -0.39 is 11.0 Å². The summed E-state index contributed by atoms with van der Waals surface area (Å²) in [4.78, 5) is 10.6. The maximum atomic E-state index is 11.0. The fraction of sp³-hybridized carbons (Fsp3) is 0.385. The predicted molar refractivity (Wildman–Crippen MR) is 75.3 cm³/mol. The molecule has 0 amide bonds. The number of aliphatic hydroxyl groups is 1. The number of nitro groups is 1. The van der Waals surface area contributed by atoms with E-state index in [0.29, 0.717) is 12.2 Å². The maximum absolute atomic E-state index is 11.0. The van der Waals surface area contributed by atoms with Gasteiger partial charge in [-0.25, -0.2) is 0 Å². The van der Waals surface area contributed by atoms with E-state index in [1.165, 1.54) is 6.07 Å². The van der Waals surface area contributed by atoms with Crippen LogP contribution in [0.25, 0.3) is 0 Å². The third kappa shape index (κ3) is 4.04. The highest BCUT2D eigenvalue weighted by atomic mass is 16.6. The molecule has 1 aromatic rings. The Labute approximate surface area is 112 Å². The zero-order chi connectivity index (χ0) is 14.4. The van der Waals surface area contributed by atoms with E-state index in [4.69, 9.17) is 5.73 Å². The van der Waals surface area contributed by atoms with Crippen LogP contribution in [-0.4, -0.2) is 29.2 Å². The number of nitrogens with two attached hydrogens (primary N) is 1. The molecule has 0 saturated carbocycles. The maximum Gasteiger partial charge on any atom is 0.292 e. The van der Waals surface area contributed by atoms with E-state index >= 15 is 0 Å². The third-order valence-corrected chi connectivity index (χ3v) is 2.91. The lowest BCUT2D eigenvalue weighted by atomic mass is 10.1. The predicted octanol–water partition coefficient (Wildman–Crippen LogP) is 1.50. The zero-order valence-corrected chi connectivity index (χ0v) is 11.1. The van der Waals surface area contributed by atoms with Crippen molar-refractivity contribution in [2.75, 3.05) is 18.4 Å². The van der Waals surface area contributed by atoms with Crippen LogP contribution in [0.4, 0.5) is 11.4 Å². The standard InChI is InChI=1S/C13H19N3O3/c1-9-5-6-12(16(18)19)13(10(9)2)15-7-3-4-11(17)8-14/h3-6,11,15,17H,7-8,14H2,1-2H3/b4-3+/t11-/m1/s1. The fourth-order valence-corrected chi connectivity index (χ4v) is 1.64. The van der Waals surface area contributed by atoms with Gasteiger partial charge in [-0.2, -0.15) is 0 Å². The summed E-state index contributed by atoms with van der Waals surface area (Å²) in [6.45, 7) is 4.28. The van der Waals surface area contributed by atoms with Gasteiger partial charge in [0, 0.05) is 19.2 Å². The Hall–Kier alpha value is -1.92. The molecule has 104 valence electrons. The Morgan fingerprint density at radius 2 is 2.21 bits per heavy atom. The number of nitro benzene ring substituents is 1. The Bertz CT molecular complexity index is 486. The SMILES string of the molecule is Cc1ccc([N+](=O)[O-])c(NC/C=C/[C@@H](O)CN)c1C. The van der Waals surface area contributed by atoms with Gasteiger partial charge < -0.3 is 16.2 Å². The van der Waals surface area contributed by atoms with Gasteiger partial charge in [-0.1, -0.05) is 18.2 Å². The molecule has 0 unspecified atom stereocenters. The van der Waals surface area contributed by atoms with Crippen molar-refractivity contribution in [2.24, 2.45) is 5.73 Å². The molecule has 0 radical (unpaired) electrons. The molecule has 6 nitrogen and oxygen atoms in total. The van der Waals surface area contributed by atoms with Gasteiger partial charge in [0.1, 0.15) is 5.69 Å². The molecule has 6 heteroatoms. The zero-order valence-electron chi connectivity index (χ0n) is 11.1. The van der Waals surface area contributed by atoms with Crippen molar-refractivity contribution < 1.29 is 10.0 Å². The number of hydrogen-bond donors (Lipinski definition) is 3. The number of aryl methyl sites for hydroxylation is 1. The Morgan fingerprint density at radius 3 is 2.79 bits per heavy atom. The van der Waals surface area contributed by atoms with Crippen molar-refractivity contribution >= 4 is 11.4 Å². The van der Waals surface area contributed by atoms with Crippen LogP contribution in [0, 0.1) is 24.0 Å². The van der Waals surface area contributed by atoms with Crippen LogP contribution < -0.4 is 11.1 Å². The minimum Gasteiger partial charge on any atom is -0.388 e. The first-order chi connectivity index (χ1) is 8.97. The molecule has 1 aromatic carbocycles. The summed E-state index contributed by atoms with van der Waals surface area (Å²) >= 11 is 0. The van der Waals surface area contributed by atoms with Gasteiger partial charge in [0.25, 0.3) is 5.69 Å². The molecule has 0 saturated heterocycles. The van der Waals surface area contributed by atoms with Gasteiger partial charge in [0.2, 0.25) is 0 Å². The number of rotatable bonds is 6. The lowest BCUT2D eigenvalue weighted by Crippen LogP contribution is -2.17. The van der Waals surface area contributed by atoms with Crippen LogP contribution in [0.1, 0.15) is 11.1 Å². The van der Waals surface area contributed by atoms with Crippen LogP contribution in [0.2, 0.25) is 0 Å². The fourth-order valence-electron chi connectivity index (χ4n) is 1.64. The summed E-state index contributed by atoms with van der Waals surface area (Å²) in [5.41, 5.74) is 7.66. The molecule has 4 N–H and O–H groups in total. The average molecular weight is 265 g/mol. The lowest BCUT2D eigenvalue weighted by Gasteiger charge is -2.10. The van der Waals surface area contributed by atoms with Crippen molar-refractivity contribution in [3.05, 3.63) is 45.5 Å². The van der Waals surface area contributed by atoms with Crippen molar-refractivity contribution in [3.8, 4) is 0 Å². The van der Waals surface area contributed by atoms with Crippen LogP contribution in [0.5, 0.6) is 0 Å². The molecular formula is C13H19N3O3. The van der Waals surface area contributed by atoms with Crippen molar-refractivity contribution in [3.63, 3.8) is 0 Å². The minimum atomic E-state index is -0.685. The highest BCUT2D eigenvalue weighted by molar-refractivity contribution is 5.68. The Balaban J connectivity index is 2.85. The normalized spacial score (nSPS) is 12.6. The molecule has 1 rings (SSSR count). The molecule has 0 aliphatic rings. The topological polar surface area (TPSA) is 101 Å². The summed E-state index contributed by atoms with van der Waals surface area (Å²) in [6, 6.07) is 3.22. The lowest BCUT2D eigenvalue weighted by molar-refractivity contribution is -0.384. The van der Waals surface area contributed by atoms with Gasteiger partial charge in [-0.15, -0.1) is 0 Å².